The third kappa shape index (κ3) is 4.23. The van der Waals surface area contributed by atoms with Crippen molar-refractivity contribution in [2.45, 2.75) is 0 Å². The van der Waals surface area contributed by atoms with Gasteiger partial charge in [-0.3, -0.25) is 10.1 Å². The molecule has 152 valence electrons. The average Bonchev–Trinajstić information content (AvgIpc) is 2.72. The van der Waals surface area contributed by atoms with E-state index in [4.69, 9.17) is 31.5 Å². The molecule has 0 bridgehead atoms. The highest BCUT2D eigenvalue weighted by Gasteiger charge is 2.20. The summed E-state index contributed by atoms with van der Waals surface area (Å²) < 4.78 is 16.0. The van der Waals surface area contributed by atoms with Crippen LogP contribution < -0.4 is 25.3 Å². The number of nitro benzene ring substituents is 1. The second-order valence-electron chi connectivity index (χ2n) is 5.77. The van der Waals surface area contributed by atoms with Gasteiger partial charge in [0.15, 0.2) is 5.75 Å². The summed E-state index contributed by atoms with van der Waals surface area (Å²) in [6.07, 6.45) is 1.34. The Morgan fingerprint density at radius 1 is 1.14 bits per heavy atom. The molecule has 0 aliphatic heterocycles. The number of hydrogen-bond donors (Lipinski definition) is 2. The predicted molar refractivity (Wildman–Crippen MR) is 109 cm³/mol. The van der Waals surface area contributed by atoms with Gasteiger partial charge in [0.1, 0.15) is 30.3 Å². The highest BCUT2D eigenvalue weighted by atomic mass is 35.5. The van der Waals surface area contributed by atoms with Crippen LogP contribution in [0.4, 0.5) is 17.2 Å². The van der Waals surface area contributed by atoms with Gasteiger partial charge >= 0.3 is 5.69 Å². The van der Waals surface area contributed by atoms with Crippen LogP contribution in [0.5, 0.6) is 17.2 Å². The Bertz CT molecular complexity index is 1060. The van der Waals surface area contributed by atoms with Crippen molar-refractivity contribution in [3.05, 3.63) is 45.7 Å². The summed E-state index contributed by atoms with van der Waals surface area (Å²) in [6, 6.07) is 6.06. The van der Waals surface area contributed by atoms with Crippen molar-refractivity contribution in [1.29, 1.82) is 0 Å². The molecule has 10 nitrogen and oxygen atoms in total. The van der Waals surface area contributed by atoms with Crippen molar-refractivity contribution in [1.82, 2.24) is 9.97 Å². The average molecular weight is 420 g/mol. The van der Waals surface area contributed by atoms with Gasteiger partial charge in [0.2, 0.25) is 0 Å². The topological polar surface area (TPSA) is 135 Å². The third-order valence-electron chi connectivity index (χ3n) is 4.02. The highest BCUT2D eigenvalue weighted by Crippen LogP contribution is 2.39. The molecule has 3 N–H and O–H groups in total. The van der Waals surface area contributed by atoms with Gasteiger partial charge in [-0.1, -0.05) is 11.6 Å². The second kappa shape index (κ2) is 8.76. The molecule has 0 atom stereocenters. The van der Waals surface area contributed by atoms with Crippen LogP contribution in [0.25, 0.3) is 10.9 Å². The zero-order valence-corrected chi connectivity index (χ0v) is 16.4. The first-order valence-corrected chi connectivity index (χ1v) is 8.80. The van der Waals surface area contributed by atoms with Crippen LogP contribution in [-0.2, 0) is 0 Å². The zero-order valence-electron chi connectivity index (χ0n) is 15.6. The van der Waals surface area contributed by atoms with Crippen LogP contribution in [0, 0.1) is 10.1 Å². The molecule has 1 heterocycles. The number of nitrogens with two attached hydrogens (primary N) is 1. The number of ether oxygens (including phenoxy) is 3. The van der Waals surface area contributed by atoms with Crippen molar-refractivity contribution in [3.63, 3.8) is 0 Å². The summed E-state index contributed by atoms with van der Waals surface area (Å²) in [5, 5.41) is 15.4. The van der Waals surface area contributed by atoms with E-state index in [0.717, 1.165) is 0 Å². The number of methoxy groups -OCH3 is 2. The largest absolute Gasteiger partial charge is 0.495 e. The molecular weight excluding hydrogens is 402 g/mol. The van der Waals surface area contributed by atoms with Crippen molar-refractivity contribution in [2.24, 2.45) is 5.73 Å². The number of nitrogens with one attached hydrogen (secondary N) is 1. The first-order valence-electron chi connectivity index (χ1n) is 8.43. The van der Waals surface area contributed by atoms with Gasteiger partial charge in [0.05, 0.1) is 40.8 Å². The normalized spacial score (nSPS) is 10.6. The molecule has 2 aromatic carbocycles. The molecule has 0 unspecified atom stereocenters. The standard InChI is InChI=1S/C18H18ClN5O5/c1-27-15-8-13(16(28-2)6-11(15)19)23-18-10-5-14(24(25)26)17(29-4-3-20)7-12(10)21-9-22-18/h5-9H,3-4,20H2,1-2H3,(H,21,22,23). The van der Waals surface area contributed by atoms with E-state index in [2.05, 4.69) is 15.3 Å². The number of nitrogens with zero attached hydrogens (tertiary/aromatic N) is 3. The van der Waals surface area contributed by atoms with E-state index in [0.29, 0.717) is 38.9 Å². The summed E-state index contributed by atoms with van der Waals surface area (Å²) >= 11 is 6.14. The lowest BCUT2D eigenvalue weighted by Gasteiger charge is -2.15. The zero-order chi connectivity index (χ0) is 21.0. The van der Waals surface area contributed by atoms with Gasteiger partial charge in [-0.15, -0.1) is 0 Å². The van der Waals surface area contributed by atoms with Gasteiger partial charge in [0, 0.05) is 30.8 Å². The lowest BCUT2D eigenvalue weighted by atomic mass is 10.2. The quantitative estimate of drug-likeness (QED) is 0.416. The number of fused-ring (bicyclic) bond motifs is 1. The molecule has 0 aliphatic carbocycles. The van der Waals surface area contributed by atoms with Crippen LogP contribution in [0.1, 0.15) is 0 Å². The van der Waals surface area contributed by atoms with Crippen LogP contribution in [0.3, 0.4) is 0 Å². The number of nitro groups is 1. The minimum absolute atomic E-state index is 0.0864. The number of aromatic nitrogens is 2. The number of halogens is 1. The Balaban J connectivity index is 2.11. The fourth-order valence-electron chi connectivity index (χ4n) is 2.68. The van der Waals surface area contributed by atoms with Gasteiger partial charge in [-0.25, -0.2) is 9.97 Å². The number of rotatable bonds is 8. The first kappa shape index (κ1) is 20.4. The minimum Gasteiger partial charge on any atom is -0.495 e. The molecular formula is C18H18ClN5O5. The predicted octanol–water partition coefficient (Wildman–Crippen LogP) is 3.29. The molecule has 3 aromatic rings. The summed E-state index contributed by atoms with van der Waals surface area (Å²) in [6.45, 7) is 0.369. The fraction of sp³-hybridized carbons (Fsp3) is 0.222. The van der Waals surface area contributed by atoms with E-state index < -0.39 is 4.92 Å². The SMILES string of the molecule is COc1cc(Nc2ncnc3cc(OCCN)c([N+](=O)[O-])cc23)c(OC)cc1Cl. The molecule has 1 aromatic heterocycles. The van der Waals surface area contributed by atoms with E-state index in [9.17, 15) is 10.1 Å². The molecule has 0 saturated heterocycles. The Hall–Kier alpha value is -3.37. The van der Waals surface area contributed by atoms with Gasteiger partial charge in [-0.2, -0.15) is 0 Å². The van der Waals surface area contributed by atoms with Gasteiger partial charge in [0.25, 0.3) is 0 Å². The lowest BCUT2D eigenvalue weighted by molar-refractivity contribution is -0.385. The summed E-state index contributed by atoms with van der Waals surface area (Å²) in [4.78, 5) is 19.4. The van der Waals surface area contributed by atoms with E-state index in [-0.39, 0.29) is 24.6 Å². The summed E-state index contributed by atoms with van der Waals surface area (Å²) in [7, 11) is 2.98. The third-order valence-corrected chi connectivity index (χ3v) is 4.31. The Morgan fingerprint density at radius 2 is 1.90 bits per heavy atom. The molecule has 0 radical (unpaired) electrons. The summed E-state index contributed by atoms with van der Waals surface area (Å²) in [5.41, 5.74) is 6.18. The molecule has 11 heteroatoms. The molecule has 0 spiro atoms. The Kier molecular flexibility index (Phi) is 6.15. The Labute approximate surface area is 170 Å². The fourth-order valence-corrected chi connectivity index (χ4v) is 2.92. The van der Waals surface area contributed by atoms with Crippen molar-refractivity contribution >= 4 is 39.7 Å². The van der Waals surface area contributed by atoms with Crippen LogP contribution in [0.2, 0.25) is 5.02 Å². The number of hydrogen-bond acceptors (Lipinski definition) is 9. The van der Waals surface area contributed by atoms with Crippen LogP contribution in [-0.4, -0.2) is 42.3 Å². The maximum absolute atomic E-state index is 11.5. The van der Waals surface area contributed by atoms with E-state index in [1.54, 1.807) is 12.1 Å². The molecule has 0 saturated carbocycles. The molecule has 0 fully saturated rings. The molecule has 29 heavy (non-hydrogen) atoms. The first-order chi connectivity index (χ1) is 14.0. The van der Waals surface area contributed by atoms with Crippen molar-refractivity contribution < 1.29 is 19.1 Å². The molecule has 0 aliphatic rings. The van der Waals surface area contributed by atoms with Gasteiger partial charge in [-0.05, 0) is 0 Å². The molecule has 0 amide bonds. The smallest absolute Gasteiger partial charge is 0.311 e. The van der Waals surface area contributed by atoms with Crippen molar-refractivity contribution in [2.75, 3.05) is 32.7 Å². The number of anilines is 2. The minimum atomic E-state index is -0.534. The summed E-state index contributed by atoms with van der Waals surface area (Å²) in [5.74, 6) is 1.30. The highest BCUT2D eigenvalue weighted by molar-refractivity contribution is 6.32. The van der Waals surface area contributed by atoms with Crippen molar-refractivity contribution in [3.8, 4) is 17.2 Å². The Morgan fingerprint density at radius 3 is 2.55 bits per heavy atom. The maximum Gasteiger partial charge on any atom is 0.311 e. The molecule has 3 rings (SSSR count). The van der Waals surface area contributed by atoms with Crippen LogP contribution in [0.15, 0.2) is 30.6 Å². The van der Waals surface area contributed by atoms with Gasteiger partial charge < -0.3 is 25.3 Å². The monoisotopic (exact) mass is 419 g/mol. The number of benzene rings is 2. The van der Waals surface area contributed by atoms with E-state index in [1.807, 2.05) is 0 Å². The second-order valence-corrected chi connectivity index (χ2v) is 6.17. The van der Waals surface area contributed by atoms with E-state index in [1.165, 1.54) is 32.7 Å². The van der Waals surface area contributed by atoms with Crippen LogP contribution >= 0.6 is 11.6 Å². The lowest BCUT2D eigenvalue weighted by Crippen LogP contribution is -2.11. The van der Waals surface area contributed by atoms with E-state index >= 15 is 0 Å². The maximum atomic E-state index is 11.5.